The van der Waals surface area contributed by atoms with Crippen molar-refractivity contribution in [2.75, 3.05) is 25.0 Å². The molecular formula is C30H32N2O6. The van der Waals surface area contributed by atoms with Gasteiger partial charge in [-0.05, 0) is 79.2 Å². The molecule has 198 valence electrons. The van der Waals surface area contributed by atoms with Gasteiger partial charge in [0.15, 0.2) is 17.3 Å². The van der Waals surface area contributed by atoms with Crippen LogP contribution in [0, 0.1) is 0 Å². The number of phenols is 4. The van der Waals surface area contributed by atoms with E-state index >= 15 is 0 Å². The molecular weight excluding hydrogens is 484 g/mol. The molecule has 8 nitrogen and oxygen atoms in total. The van der Waals surface area contributed by atoms with E-state index in [4.69, 9.17) is 0 Å². The predicted octanol–water partition coefficient (Wildman–Crippen LogP) is 4.44. The number of amides is 1. The number of fused-ring (bicyclic) bond motifs is 1. The normalized spacial score (nSPS) is 17.7. The number of hydrogen-bond donors (Lipinski definition) is 5. The third kappa shape index (κ3) is 5.31. The highest BCUT2D eigenvalue weighted by Crippen LogP contribution is 2.48. The Morgan fingerprint density at radius 2 is 1.53 bits per heavy atom. The lowest BCUT2D eigenvalue weighted by molar-refractivity contribution is -0.117. The van der Waals surface area contributed by atoms with Gasteiger partial charge in [-0.15, -0.1) is 0 Å². The summed E-state index contributed by atoms with van der Waals surface area (Å²) in [5.74, 6) is -2.18. The summed E-state index contributed by atoms with van der Waals surface area (Å²) >= 11 is 0. The van der Waals surface area contributed by atoms with Gasteiger partial charge < -0.3 is 25.7 Å². The Balaban J connectivity index is 1.37. The van der Waals surface area contributed by atoms with Crippen LogP contribution in [0.25, 0.3) is 0 Å². The molecule has 1 heterocycles. The minimum Gasteiger partial charge on any atom is -0.508 e. The molecule has 0 radical (unpaired) electrons. The number of piperidine rings is 1. The van der Waals surface area contributed by atoms with Gasteiger partial charge in [0.05, 0.1) is 12.1 Å². The van der Waals surface area contributed by atoms with Crippen LogP contribution in [-0.2, 0) is 17.6 Å². The third-order valence-electron chi connectivity index (χ3n) is 7.60. The first-order valence-corrected chi connectivity index (χ1v) is 13.0. The van der Waals surface area contributed by atoms with Crippen molar-refractivity contribution in [2.24, 2.45) is 0 Å². The maximum absolute atomic E-state index is 13.1. The topological polar surface area (TPSA) is 130 Å². The lowest BCUT2D eigenvalue weighted by atomic mass is 9.76. The molecule has 3 aromatic carbocycles. The molecule has 5 rings (SSSR count). The van der Waals surface area contributed by atoms with Gasteiger partial charge in [-0.25, -0.2) is 0 Å². The Kier molecular flexibility index (Phi) is 7.24. The Hall–Kier alpha value is -4.04. The summed E-state index contributed by atoms with van der Waals surface area (Å²) < 4.78 is 0. The molecule has 1 fully saturated rings. The number of hydrogen-bond acceptors (Lipinski definition) is 7. The van der Waals surface area contributed by atoms with E-state index in [0.717, 1.165) is 37.1 Å². The summed E-state index contributed by atoms with van der Waals surface area (Å²) in [5.41, 5.74) is 3.27. The second-order valence-electron chi connectivity index (χ2n) is 10.3. The Bertz CT molecular complexity index is 1340. The van der Waals surface area contributed by atoms with Crippen molar-refractivity contribution in [1.29, 1.82) is 0 Å². The standard InChI is InChI=1S/C30H32N2O6/c33-22-10-6-19(7-11-22)20-15-23-24(28(36)30(38)29(37)27(23)25(34)16-20)14-18-4-8-21(9-5-18)31-26(35)17-32-12-2-1-3-13-32/h4-11,20,33,36-38H,1-3,12-17H2,(H,31,35). The average Bonchev–Trinajstić information content (AvgIpc) is 2.91. The number of nitrogens with one attached hydrogen (secondary N) is 1. The molecule has 1 atom stereocenters. The molecule has 5 N–H and O–H groups in total. The van der Waals surface area contributed by atoms with Gasteiger partial charge in [-0.1, -0.05) is 30.7 Å². The molecule has 8 heteroatoms. The van der Waals surface area contributed by atoms with Crippen molar-refractivity contribution in [3.05, 3.63) is 76.3 Å². The van der Waals surface area contributed by atoms with Crippen LogP contribution in [0.2, 0.25) is 0 Å². The smallest absolute Gasteiger partial charge is 0.238 e. The maximum Gasteiger partial charge on any atom is 0.238 e. The predicted molar refractivity (Wildman–Crippen MR) is 143 cm³/mol. The van der Waals surface area contributed by atoms with Gasteiger partial charge in [0.25, 0.3) is 0 Å². The van der Waals surface area contributed by atoms with Crippen molar-refractivity contribution >= 4 is 17.4 Å². The monoisotopic (exact) mass is 516 g/mol. The van der Waals surface area contributed by atoms with Crippen molar-refractivity contribution in [1.82, 2.24) is 4.90 Å². The van der Waals surface area contributed by atoms with Crippen LogP contribution in [0.5, 0.6) is 23.0 Å². The molecule has 0 bridgehead atoms. The summed E-state index contributed by atoms with van der Waals surface area (Å²) in [6.45, 7) is 2.25. The van der Waals surface area contributed by atoms with E-state index in [1.165, 1.54) is 6.42 Å². The van der Waals surface area contributed by atoms with E-state index in [0.29, 0.717) is 29.8 Å². The number of nitrogens with zero attached hydrogens (tertiary/aromatic N) is 1. The molecule has 1 aliphatic carbocycles. The van der Waals surface area contributed by atoms with Crippen LogP contribution in [0.3, 0.4) is 0 Å². The minimum atomic E-state index is -0.697. The maximum atomic E-state index is 13.1. The lowest BCUT2D eigenvalue weighted by Gasteiger charge is -2.28. The molecule has 0 aromatic heterocycles. The number of ketones is 1. The zero-order valence-corrected chi connectivity index (χ0v) is 21.1. The number of phenolic OH excluding ortho intramolecular Hbond substituents is 4. The van der Waals surface area contributed by atoms with E-state index in [-0.39, 0.29) is 41.8 Å². The number of rotatable bonds is 6. The highest BCUT2D eigenvalue weighted by atomic mass is 16.3. The number of aromatic hydroxyl groups is 4. The van der Waals surface area contributed by atoms with Gasteiger partial charge in [0, 0.05) is 24.1 Å². The van der Waals surface area contributed by atoms with Gasteiger partial charge in [-0.2, -0.15) is 0 Å². The van der Waals surface area contributed by atoms with Gasteiger partial charge in [0.2, 0.25) is 11.7 Å². The number of anilines is 1. The SMILES string of the molecule is O=C(CN1CCCCC1)Nc1ccc(Cc2c(O)c(O)c(O)c3c2CC(c2ccc(O)cc2)CC3=O)cc1. The number of carbonyl (C=O) groups excluding carboxylic acids is 2. The van der Waals surface area contributed by atoms with Crippen molar-refractivity contribution < 1.29 is 30.0 Å². The van der Waals surface area contributed by atoms with Gasteiger partial charge in [-0.3, -0.25) is 14.5 Å². The van der Waals surface area contributed by atoms with Crippen molar-refractivity contribution in [2.45, 2.75) is 44.4 Å². The molecule has 2 aliphatic rings. The van der Waals surface area contributed by atoms with Crippen LogP contribution in [-0.4, -0.2) is 56.7 Å². The average molecular weight is 517 g/mol. The molecule has 1 unspecified atom stereocenters. The number of Topliss-reactive ketones (excluding diaryl/α,β-unsaturated/α-hetero) is 1. The summed E-state index contributed by atoms with van der Waals surface area (Å²) in [4.78, 5) is 27.7. The number of benzene rings is 3. The number of likely N-dealkylation sites (tertiary alicyclic amines) is 1. The van der Waals surface area contributed by atoms with Crippen LogP contribution in [0.1, 0.15) is 64.2 Å². The lowest BCUT2D eigenvalue weighted by Crippen LogP contribution is -2.36. The molecule has 0 saturated carbocycles. The first-order chi connectivity index (χ1) is 18.3. The molecule has 0 spiro atoms. The highest BCUT2D eigenvalue weighted by molar-refractivity contribution is 6.03. The first kappa shape index (κ1) is 25.6. The fraction of sp³-hybridized carbons (Fsp3) is 0.333. The largest absolute Gasteiger partial charge is 0.508 e. The Morgan fingerprint density at radius 3 is 2.21 bits per heavy atom. The second-order valence-corrected chi connectivity index (χ2v) is 10.3. The zero-order valence-electron chi connectivity index (χ0n) is 21.1. The molecule has 1 aliphatic heterocycles. The fourth-order valence-electron chi connectivity index (χ4n) is 5.58. The van der Waals surface area contributed by atoms with E-state index in [1.807, 2.05) is 12.1 Å². The van der Waals surface area contributed by atoms with Crippen LogP contribution < -0.4 is 5.32 Å². The summed E-state index contributed by atoms with van der Waals surface area (Å²) in [6, 6.07) is 13.9. The Labute approximate surface area is 221 Å². The summed E-state index contributed by atoms with van der Waals surface area (Å²) in [5, 5.41) is 44.3. The van der Waals surface area contributed by atoms with Crippen LogP contribution >= 0.6 is 0 Å². The zero-order chi connectivity index (χ0) is 26.8. The molecule has 1 saturated heterocycles. The van der Waals surface area contributed by atoms with Crippen LogP contribution in [0.15, 0.2) is 48.5 Å². The van der Waals surface area contributed by atoms with E-state index in [9.17, 15) is 30.0 Å². The number of carbonyl (C=O) groups is 2. The first-order valence-electron chi connectivity index (χ1n) is 13.0. The van der Waals surface area contributed by atoms with E-state index in [1.54, 1.807) is 36.4 Å². The Morgan fingerprint density at radius 1 is 0.842 bits per heavy atom. The second kappa shape index (κ2) is 10.8. The third-order valence-corrected chi connectivity index (χ3v) is 7.60. The van der Waals surface area contributed by atoms with Gasteiger partial charge >= 0.3 is 0 Å². The summed E-state index contributed by atoms with van der Waals surface area (Å²) in [6.07, 6.45) is 4.19. The highest BCUT2D eigenvalue weighted by Gasteiger charge is 2.34. The minimum absolute atomic E-state index is 0.0481. The van der Waals surface area contributed by atoms with E-state index in [2.05, 4.69) is 10.2 Å². The van der Waals surface area contributed by atoms with E-state index < -0.39 is 17.2 Å². The quantitative estimate of drug-likeness (QED) is 0.306. The molecule has 38 heavy (non-hydrogen) atoms. The molecule has 3 aromatic rings. The van der Waals surface area contributed by atoms with Crippen LogP contribution in [0.4, 0.5) is 5.69 Å². The fourth-order valence-corrected chi connectivity index (χ4v) is 5.58. The van der Waals surface area contributed by atoms with Gasteiger partial charge in [0.1, 0.15) is 5.75 Å². The molecule has 1 amide bonds. The van der Waals surface area contributed by atoms with Crippen molar-refractivity contribution in [3.63, 3.8) is 0 Å². The summed E-state index contributed by atoms with van der Waals surface area (Å²) in [7, 11) is 0. The van der Waals surface area contributed by atoms with Crippen molar-refractivity contribution in [3.8, 4) is 23.0 Å².